The zero-order valence-electron chi connectivity index (χ0n) is 9.19. The zero-order valence-corrected chi connectivity index (χ0v) is 10.8. The molecule has 2 rings (SSSR count). The van der Waals surface area contributed by atoms with Crippen molar-refractivity contribution in [2.75, 3.05) is 12.0 Å². The lowest BCUT2D eigenvalue weighted by atomic mass is 10.4. The predicted molar refractivity (Wildman–Crippen MR) is 70.1 cm³/mol. The van der Waals surface area contributed by atoms with Gasteiger partial charge in [-0.3, -0.25) is 0 Å². The lowest BCUT2D eigenvalue weighted by Crippen LogP contribution is -2.04. The Morgan fingerprint density at radius 3 is 3.12 bits per heavy atom. The van der Waals surface area contributed by atoms with E-state index in [9.17, 15) is 0 Å². The van der Waals surface area contributed by atoms with Gasteiger partial charge < -0.3 is 4.57 Å². The van der Waals surface area contributed by atoms with Crippen LogP contribution in [0.2, 0.25) is 0 Å². The van der Waals surface area contributed by atoms with Gasteiger partial charge in [0, 0.05) is 12.7 Å². The van der Waals surface area contributed by atoms with Crippen LogP contribution >= 0.6 is 23.4 Å². The zero-order chi connectivity index (χ0) is 11.4. The number of alkyl halides is 1. The quantitative estimate of drug-likeness (QED) is 0.608. The molecule has 0 fully saturated rings. The second-order valence-corrected chi connectivity index (χ2v) is 4.76. The molecule has 0 bridgehead atoms. The van der Waals surface area contributed by atoms with E-state index < -0.39 is 0 Å². The van der Waals surface area contributed by atoms with Crippen LogP contribution in [0.5, 0.6) is 0 Å². The van der Waals surface area contributed by atoms with E-state index in [1.807, 2.05) is 23.9 Å². The average molecular weight is 256 g/mol. The number of rotatable bonds is 5. The van der Waals surface area contributed by atoms with E-state index >= 15 is 0 Å². The van der Waals surface area contributed by atoms with E-state index in [0.717, 1.165) is 35.7 Å². The highest BCUT2D eigenvalue weighted by Gasteiger charge is 2.09. The van der Waals surface area contributed by atoms with Gasteiger partial charge in [-0.1, -0.05) is 0 Å². The lowest BCUT2D eigenvalue weighted by molar-refractivity contribution is 0.671. The second-order valence-electron chi connectivity index (χ2n) is 3.51. The first-order valence-electron chi connectivity index (χ1n) is 5.22. The summed E-state index contributed by atoms with van der Waals surface area (Å²) in [7, 11) is 0. The SMILES string of the molecule is CSCCCn1c(CCl)nc2cccnc21. The van der Waals surface area contributed by atoms with Crippen molar-refractivity contribution in [1.82, 2.24) is 14.5 Å². The van der Waals surface area contributed by atoms with Crippen molar-refractivity contribution in [3.63, 3.8) is 0 Å². The molecular formula is C11H14ClN3S. The Bertz CT molecular complexity index is 469. The predicted octanol–water partition coefficient (Wildman–Crippen LogP) is 2.92. The maximum Gasteiger partial charge on any atom is 0.160 e. The minimum atomic E-state index is 0.440. The molecule has 0 saturated heterocycles. The van der Waals surface area contributed by atoms with Crippen molar-refractivity contribution in [2.24, 2.45) is 0 Å². The minimum absolute atomic E-state index is 0.440. The smallest absolute Gasteiger partial charge is 0.160 e. The molecule has 0 amide bonds. The van der Waals surface area contributed by atoms with Gasteiger partial charge in [0.25, 0.3) is 0 Å². The van der Waals surface area contributed by atoms with E-state index in [2.05, 4.69) is 20.8 Å². The highest BCUT2D eigenvalue weighted by atomic mass is 35.5. The molecule has 0 aliphatic carbocycles. The molecule has 0 aromatic carbocycles. The fraction of sp³-hybridized carbons (Fsp3) is 0.455. The molecule has 0 radical (unpaired) electrons. The maximum absolute atomic E-state index is 5.90. The van der Waals surface area contributed by atoms with Gasteiger partial charge in [-0.05, 0) is 30.6 Å². The molecule has 16 heavy (non-hydrogen) atoms. The molecule has 0 aliphatic rings. The van der Waals surface area contributed by atoms with Crippen LogP contribution in [0.4, 0.5) is 0 Å². The highest BCUT2D eigenvalue weighted by Crippen LogP contribution is 2.16. The highest BCUT2D eigenvalue weighted by molar-refractivity contribution is 7.98. The van der Waals surface area contributed by atoms with E-state index in [0.29, 0.717) is 5.88 Å². The van der Waals surface area contributed by atoms with Crippen LogP contribution in [0.1, 0.15) is 12.2 Å². The molecule has 3 nitrogen and oxygen atoms in total. The summed E-state index contributed by atoms with van der Waals surface area (Å²) in [4.78, 5) is 8.84. The van der Waals surface area contributed by atoms with Crippen LogP contribution in [0.3, 0.4) is 0 Å². The third-order valence-electron chi connectivity index (χ3n) is 2.43. The van der Waals surface area contributed by atoms with Gasteiger partial charge in [0.05, 0.1) is 5.88 Å². The monoisotopic (exact) mass is 255 g/mol. The topological polar surface area (TPSA) is 30.7 Å². The van der Waals surface area contributed by atoms with Crippen LogP contribution in [-0.4, -0.2) is 26.5 Å². The molecule has 0 unspecified atom stereocenters. The Balaban J connectivity index is 2.32. The van der Waals surface area contributed by atoms with Gasteiger partial charge in [0.2, 0.25) is 0 Å². The number of hydrogen-bond donors (Lipinski definition) is 0. The van der Waals surface area contributed by atoms with Crippen LogP contribution in [0.15, 0.2) is 18.3 Å². The summed E-state index contributed by atoms with van der Waals surface area (Å²) in [6.45, 7) is 0.941. The number of fused-ring (bicyclic) bond motifs is 1. The first-order chi connectivity index (χ1) is 7.86. The van der Waals surface area contributed by atoms with Crippen LogP contribution in [-0.2, 0) is 12.4 Å². The Morgan fingerprint density at radius 1 is 1.50 bits per heavy atom. The number of imidazole rings is 1. The van der Waals surface area contributed by atoms with Crippen molar-refractivity contribution in [2.45, 2.75) is 18.8 Å². The summed E-state index contributed by atoms with van der Waals surface area (Å²) in [5, 5.41) is 0. The third kappa shape index (κ3) is 2.33. The fourth-order valence-corrected chi connectivity index (χ4v) is 2.33. The minimum Gasteiger partial charge on any atom is -0.312 e. The van der Waals surface area contributed by atoms with Crippen molar-refractivity contribution in [3.05, 3.63) is 24.2 Å². The van der Waals surface area contributed by atoms with Gasteiger partial charge >= 0.3 is 0 Å². The third-order valence-corrected chi connectivity index (χ3v) is 3.37. The molecule has 86 valence electrons. The van der Waals surface area contributed by atoms with Gasteiger partial charge in [0.15, 0.2) is 5.65 Å². The Morgan fingerprint density at radius 2 is 2.38 bits per heavy atom. The standard InChI is InChI=1S/C11H14ClN3S/c1-16-7-3-6-15-10(8-12)14-9-4-2-5-13-11(9)15/h2,4-5H,3,6-8H2,1H3. The van der Waals surface area contributed by atoms with Crippen molar-refractivity contribution >= 4 is 34.5 Å². The van der Waals surface area contributed by atoms with Crippen molar-refractivity contribution in [1.29, 1.82) is 0 Å². The summed E-state index contributed by atoms with van der Waals surface area (Å²) in [5.41, 5.74) is 1.88. The Labute approximate surface area is 104 Å². The van der Waals surface area contributed by atoms with Crippen molar-refractivity contribution < 1.29 is 0 Å². The molecule has 0 saturated carbocycles. The summed E-state index contributed by atoms with van der Waals surface area (Å²) in [6, 6.07) is 3.88. The largest absolute Gasteiger partial charge is 0.312 e. The summed E-state index contributed by atoms with van der Waals surface area (Å²) < 4.78 is 2.12. The molecule has 0 atom stereocenters. The van der Waals surface area contributed by atoms with E-state index in [4.69, 9.17) is 11.6 Å². The van der Waals surface area contributed by atoms with E-state index in [1.54, 1.807) is 6.20 Å². The molecular weight excluding hydrogens is 242 g/mol. The average Bonchev–Trinajstić information content (AvgIpc) is 2.68. The molecule has 0 aliphatic heterocycles. The van der Waals surface area contributed by atoms with Crippen LogP contribution in [0, 0.1) is 0 Å². The van der Waals surface area contributed by atoms with Crippen molar-refractivity contribution in [3.8, 4) is 0 Å². The number of pyridine rings is 1. The van der Waals surface area contributed by atoms with Gasteiger partial charge in [0.1, 0.15) is 11.3 Å². The number of aryl methyl sites for hydroxylation is 1. The first kappa shape index (κ1) is 11.7. The number of nitrogens with zero attached hydrogens (tertiary/aromatic N) is 3. The molecule has 2 heterocycles. The number of thioether (sulfide) groups is 1. The van der Waals surface area contributed by atoms with Gasteiger partial charge in [-0.25, -0.2) is 9.97 Å². The number of halogens is 1. The summed E-state index contributed by atoms with van der Waals surface area (Å²) >= 11 is 7.76. The fourth-order valence-electron chi connectivity index (χ4n) is 1.71. The molecule has 0 spiro atoms. The number of hydrogen-bond acceptors (Lipinski definition) is 3. The normalized spacial score (nSPS) is 11.1. The Hall–Kier alpha value is -0.740. The Kier molecular flexibility index (Phi) is 4.07. The van der Waals surface area contributed by atoms with Crippen LogP contribution < -0.4 is 0 Å². The molecule has 5 heteroatoms. The molecule has 2 aromatic rings. The summed E-state index contributed by atoms with van der Waals surface area (Å²) in [5.74, 6) is 2.50. The van der Waals surface area contributed by atoms with Gasteiger partial charge in [-0.2, -0.15) is 11.8 Å². The second kappa shape index (κ2) is 5.55. The van der Waals surface area contributed by atoms with Crippen LogP contribution in [0.25, 0.3) is 11.2 Å². The van der Waals surface area contributed by atoms with E-state index in [1.165, 1.54) is 0 Å². The first-order valence-corrected chi connectivity index (χ1v) is 7.14. The number of aromatic nitrogens is 3. The maximum atomic E-state index is 5.90. The molecule has 0 N–H and O–H groups in total. The lowest BCUT2D eigenvalue weighted by Gasteiger charge is -2.05. The molecule has 2 aromatic heterocycles. The van der Waals surface area contributed by atoms with E-state index in [-0.39, 0.29) is 0 Å². The summed E-state index contributed by atoms with van der Waals surface area (Å²) in [6.07, 6.45) is 5.03. The van der Waals surface area contributed by atoms with Gasteiger partial charge in [-0.15, -0.1) is 11.6 Å².